The number of nitrogens with zero attached hydrogens (tertiary/aromatic N) is 3. The van der Waals surface area contributed by atoms with Gasteiger partial charge in [-0.2, -0.15) is 0 Å². The van der Waals surface area contributed by atoms with Gasteiger partial charge in [0.05, 0.1) is 5.56 Å². The van der Waals surface area contributed by atoms with Gasteiger partial charge in [0, 0.05) is 51.5 Å². The number of cyclic esters (lactones) is 1. The van der Waals surface area contributed by atoms with E-state index in [4.69, 9.17) is 4.74 Å². The zero-order chi connectivity index (χ0) is 18.9. The predicted molar refractivity (Wildman–Crippen MR) is 100 cm³/mol. The predicted octanol–water partition coefficient (Wildman–Crippen LogP) is 1.90. The second-order valence-electron chi connectivity index (χ2n) is 7.38. The monoisotopic (exact) mass is 365 g/mol. The minimum absolute atomic E-state index is 0.103. The van der Waals surface area contributed by atoms with Crippen molar-refractivity contribution >= 4 is 11.9 Å². The second-order valence-corrected chi connectivity index (χ2v) is 7.38. The molecule has 1 atom stereocenters. The Morgan fingerprint density at radius 1 is 1.11 bits per heavy atom. The quantitative estimate of drug-likeness (QED) is 0.778. The molecule has 1 aromatic carbocycles. The van der Waals surface area contributed by atoms with Crippen molar-refractivity contribution in [3.8, 4) is 0 Å². The molecule has 1 saturated heterocycles. The molecule has 1 amide bonds. The van der Waals surface area contributed by atoms with Crippen LogP contribution in [0.25, 0.3) is 0 Å². The van der Waals surface area contributed by atoms with Crippen LogP contribution in [0.4, 0.5) is 0 Å². The molecule has 6 heteroatoms. The molecule has 0 bridgehead atoms. The molecule has 0 spiro atoms. The Morgan fingerprint density at radius 3 is 2.56 bits per heavy atom. The van der Waals surface area contributed by atoms with Gasteiger partial charge in [-0.1, -0.05) is 18.2 Å². The van der Waals surface area contributed by atoms with Crippen molar-refractivity contribution in [2.75, 3.05) is 26.2 Å². The number of aromatic nitrogens is 1. The van der Waals surface area contributed by atoms with Crippen molar-refractivity contribution in [3.63, 3.8) is 0 Å². The molecule has 1 aromatic heterocycles. The van der Waals surface area contributed by atoms with Gasteiger partial charge in [-0.05, 0) is 36.2 Å². The van der Waals surface area contributed by atoms with Crippen molar-refractivity contribution in [2.24, 2.45) is 0 Å². The van der Waals surface area contributed by atoms with Gasteiger partial charge >= 0.3 is 5.97 Å². The van der Waals surface area contributed by atoms with Gasteiger partial charge in [0.1, 0.15) is 0 Å². The number of esters is 1. The summed E-state index contributed by atoms with van der Waals surface area (Å²) in [6.07, 6.45) is 4.02. The minimum atomic E-state index is -1.13. The minimum Gasteiger partial charge on any atom is -0.445 e. The number of carbonyl (C=O) groups is 2. The lowest BCUT2D eigenvalue weighted by molar-refractivity contribution is -0.153. The normalized spacial score (nSPS) is 22.9. The largest absolute Gasteiger partial charge is 0.445 e. The van der Waals surface area contributed by atoms with E-state index in [2.05, 4.69) is 9.88 Å². The first-order chi connectivity index (χ1) is 13.0. The SMILES string of the molecule is CC1(C(=O)N2CCN(Cc3ccncc3)CC2)Cc2ccccc2C(=O)O1. The topological polar surface area (TPSA) is 62.7 Å². The molecule has 4 rings (SSSR count). The highest BCUT2D eigenvalue weighted by atomic mass is 16.6. The molecule has 2 aromatic rings. The molecule has 27 heavy (non-hydrogen) atoms. The smallest absolute Gasteiger partial charge is 0.339 e. The average molecular weight is 365 g/mol. The summed E-state index contributed by atoms with van der Waals surface area (Å²) in [7, 11) is 0. The Balaban J connectivity index is 1.40. The van der Waals surface area contributed by atoms with Gasteiger partial charge in [-0.25, -0.2) is 4.79 Å². The summed E-state index contributed by atoms with van der Waals surface area (Å²) in [5, 5.41) is 0. The van der Waals surface area contributed by atoms with Crippen LogP contribution in [-0.4, -0.2) is 58.4 Å². The van der Waals surface area contributed by atoms with Crippen molar-refractivity contribution in [2.45, 2.75) is 25.5 Å². The molecule has 0 aliphatic carbocycles. The number of pyridine rings is 1. The Bertz CT molecular complexity index is 847. The zero-order valence-corrected chi connectivity index (χ0v) is 15.4. The van der Waals surface area contributed by atoms with E-state index in [-0.39, 0.29) is 5.91 Å². The van der Waals surface area contributed by atoms with Gasteiger partial charge in [0.2, 0.25) is 0 Å². The lowest BCUT2D eigenvalue weighted by Gasteiger charge is -2.40. The summed E-state index contributed by atoms with van der Waals surface area (Å²) in [4.78, 5) is 33.6. The molecular weight excluding hydrogens is 342 g/mol. The number of amides is 1. The second kappa shape index (κ2) is 7.12. The van der Waals surface area contributed by atoms with Crippen LogP contribution in [0, 0.1) is 0 Å². The lowest BCUT2D eigenvalue weighted by atomic mass is 9.88. The number of hydrogen-bond donors (Lipinski definition) is 0. The van der Waals surface area contributed by atoms with Gasteiger partial charge in [-0.3, -0.25) is 14.7 Å². The fourth-order valence-corrected chi connectivity index (χ4v) is 3.84. The van der Waals surface area contributed by atoms with E-state index in [0.717, 1.165) is 25.2 Å². The molecule has 0 saturated carbocycles. The highest BCUT2D eigenvalue weighted by Gasteiger charge is 2.45. The van der Waals surface area contributed by atoms with Crippen molar-refractivity contribution in [1.82, 2.24) is 14.8 Å². The molecule has 1 unspecified atom stereocenters. The summed E-state index contributed by atoms with van der Waals surface area (Å²) < 4.78 is 5.59. The van der Waals surface area contributed by atoms with E-state index in [1.807, 2.05) is 35.2 Å². The molecule has 0 N–H and O–H groups in total. The molecule has 140 valence electrons. The standard InChI is InChI=1S/C21H23N3O3/c1-21(14-17-4-2-3-5-18(17)19(25)27-21)20(26)24-12-10-23(11-13-24)15-16-6-8-22-9-7-16/h2-9H,10-15H2,1H3. The number of benzene rings is 1. The zero-order valence-electron chi connectivity index (χ0n) is 15.4. The van der Waals surface area contributed by atoms with Crippen LogP contribution in [0.3, 0.4) is 0 Å². The maximum Gasteiger partial charge on any atom is 0.339 e. The molecule has 1 fully saturated rings. The van der Waals surface area contributed by atoms with E-state index in [0.29, 0.717) is 25.1 Å². The molecule has 2 aliphatic heterocycles. The number of fused-ring (bicyclic) bond motifs is 1. The third-order valence-corrected chi connectivity index (χ3v) is 5.35. The van der Waals surface area contributed by atoms with E-state index < -0.39 is 11.6 Å². The first-order valence-corrected chi connectivity index (χ1v) is 9.27. The number of piperazine rings is 1. The van der Waals surface area contributed by atoms with Gasteiger partial charge in [-0.15, -0.1) is 0 Å². The number of ether oxygens (including phenoxy) is 1. The summed E-state index contributed by atoms with van der Waals surface area (Å²) in [5.74, 6) is -0.516. The highest BCUT2D eigenvalue weighted by Crippen LogP contribution is 2.30. The number of rotatable bonds is 3. The summed E-state index contributed by atoms with van der Waals surface area (Å²) in [5.41, 5.74) is 1.53. The highest BCUT2D eigenvalue weighted by molar-refractivity contribution is 5.97. The third kappa shape index (κ3) is 3.57. The molecule has 0 radical (unpaired) electrons. The molecule has 3 heterocycles. The van der Waals surface area contributed by atoms with Crippen LogP contribution in [0.1, 0.15) is 28.4 Å². The molecular formula is C21H23N3O3. The summed E-state index contributed by atoms with van der Waals surface area (Å²) in [6.45, 7) is 5.46. The Labute approximate surface area is 158 Å². The lowest BCUT2D eigenvalue weighted by Crippen LogP contribution is -2.57. The maximum atomic E-state index is 13.1. The summed E-state index contributed by atoms with van der Waals surface area (Å²) >= 11 is 0. The van der Waals surface area contributed by atoms with E-state index in [1.165, 1.54) is 5.56 Å². The first kappa shape index (κ1) is 17.7. The maximum absolute atomic E-state index is 13.1. The van der Waals surface area contributed by atoms with Crippen LogP contribution >= 0.6 is 0 Å². The number of hydrogen-bond acceptors (Lipinski definition) is 5. The van der Waals surface area contributed by atoms with Crippen LogP contribution in [0.15, 0.2) is 48.8 Å². The molecule has 2 aliphatic rings. The average Bonchev–Trinajstić information content (AvgIpc) is 2.69. The van der Waals surface area contributed by atoms with Crippen LogP contribution in [0.2, 0.25) is 0 Å². The van der Waals surface area contributed by atoms with E-state index in [9.17, 15) is 9.59 Å². The van der Waals surface area contributed by atoms with E-state index >= 15 is 0 Å². The van der Waals surface area contributed by atoms with E-state index in [1.54, 1.807) is 25.4 Å². The fraction of sp³-hybridized carbons (Fsp3) is 0.381. The van der Waals surface area contributed by atoms with Crippen LogP contribution < -0.4 is 0 Å². The number of carbonyl (C=O) groups excluding carboxylic acids is 2. The molecule has 6 nitrogen and oxygen atoms in total. The third-order valence-electron chi connectivity index (χ3n) is 5.35. The van der Waals surface area contributed by atoms with Gasteiger partial charge < -0.3 is 9.64 Å². The van der Waals surface area contributed by atoms with Crippen LogP contribution in [-0.2, 0) is 22.5 Å². The van der Waals surface area contributed by atoms with Crippen molar-refractivity contribution in [3.05, 3.63) is 65.5 Å². The van der Waals surface area contributed by atoms with Gasteiger partial charge in [0.15, 0.2) is 5.60 Å². The van der Waals surface area contributed by atoms with Crippen LogP contribution in [0.5, 0.6) is 0 Å². The Kier molecular flexibility index (Phi) is 4.66. The summed E-state index contributed by atoms with van der Waals surface area (Å²) in [6, 6.07) is 11.4. The Hall–Kier alpha value is -2.73. The van der Waals surface area contributed by atoms with Crippen molar-refractivity contribution in [1.29, 1.82) is 0 Å². The fourth-order valence-electron chi connectivity index (χ4n) is 3.84. The first-order valence-electron chi connectivity index (χ1n) is 9.27. The van der Waals surface area contributed by atoms with Crippen molar-refractivity contribution < 1.29 is 14.3 Å². The van der Waals surface area contributed by atoms with Gasteiger partial charge in [0.25, 0.3) is 5.91 Å². The Morgan fingerprint density at radius 2 is 1.81 bits per heavy atom.